The molecule has 0 saturated carbocycles. The number of pyridine rings is 1. The number of aryl methyl sites for hydroxylation is 1. The number of carbonyl (C=O) groups is 2. The summed E-state index contributed by atoms with van der Waals surface area (Å²) < 4.78 is 0. The molecule has 8 nitrogen and oxygen atoms in total. The summed E-state index contributed by atoms with van der Waals surface area (Å²) in [5.74, 6) is -0.938. The van der Waals surface area contributed by atoms with Crippen molar-refractivity contribution in [3.63, 3.8) is 0 Å². The first kappa shape index (κ1) is 21.4. The second-order valence-corrected chi connectivity index (χ2v) is 6.77. The van der Waals surface area contributed by atoms with Crippen LogP contribution in [-0.2, 0) is 11.3 Å². The Morgan fingerprint density at radius 2 is 1.77 bits per heavy atom. The molecule has 3 rings (SSSR count). The Balaban J connectivity index is 1.82. The van der Waals surface area contributed by atoms with Crippen LogP contribution < -0.4 is 10.6 Å². The SMILES string of the molecule is Cc1ccc(C(=O)N/C(=C\c2ccc([N+](=O)[O-])cc2)C(=O)NCc2cccnc2)cc1. The topological polar surface area (TPSA) is 114 Å². The molecule has 0 atom stereocenters. The number of hydrogen-bond acceptors (Lipinski definition) is 5. The Morgan fingerprint density at radius 1 is 1.06 bits per heavy atom. The van der Waals surface area contributed by atoms with Gasteiger partial charge in [0.15, 0.2) is 0 Å². The summed E-state index contributed by atoms with van der Waals surface area (Å²) in [4.78, 5) is 39.8. The molecule has 2 N–H and O–H groups in total. The molecule has 0 bridgehead atoms. The fraction of sp³-hybridized carbons (Fsp3) is 0.0870. The van der Waals surface area contributed by atoms with E-state index in [2.05, 4.69) is 15.6 Å². The molecule has 8 heteroatoms. The van der Waals surface area contributed by atoms with Gasteiger partial charge >= 0.3 is 0 Å². The Bertz CT molecular complexity index is 1110. The summed E-state index contributed by atoms with van der Waals surface area (Å²) in [6, 6.07) is 16.2. The van der Waals surface area contributed by atoms with Crippen molar-refractivity contribution in [2.24, 2.45) is 0 Å². The van der Waals surface area contributed by atoms with Gasteiger partial charge < -0.3 is 10.6 Å². The van der Waals surface area contributed by atoms with Crippen molar-refractivity contribution >= 4 is 23.6 Å². The summed E-state index contributed by atoms with van der Waals surface area (Å²) in [5.41, 5.74) is 2.69. The maximum atomic E-state index is 12.8. The average molecular weight is 416 g/mol. The van der Waals surface area contributed by atoms with Crippen molar-refractivity contribution < 1.29 is 14.5 Å². The number of nitro benzene ring substituents is 1. The second kappa shape index (κ2) is 9.93. The van der Waals surface area contributed by atoms with Gasteiger partial charge in [0, 0.05) is 36.6 Å². The van der Waals surface area contributed by atoms with Gasteiger partial charge in [-0.05, 0) is 54.5 Å². The highest BCUT2D eigenvalue weighted by Crippen LogP contribution is 2.14. The van der Waals surface area contributed by atoms with Crippen LogP contribution in [0.2, 0.25) is 0 Å². The van der Waals surface area contributed by atoms with Gasteiger partial charge in [0.2, 0.25) is 0 Å². The van der Waals surface area contributed by atoms with Gasteiger partial charge in [-0.1, -0.05) is 23.8 Å². The van der Waals surface area contributed by atoms with Crippen LogP contribution in [0.15, 0.2) is 78.8 Å². The van der Waals surface area contributed by atoms with Crippen LogP contribution in [0.3, 0.4) is 0 Å². The lowest BCUT2D eigenvalue weighted by molar-refractivity contribution is -0.384. The van der Waals surface area contributed by atoms with Crippen molar-refractivity contribution in [1.29, 1.82) is 0 Å². The summed E-state index contributed by atoms with van der Waals surface area (Å²) in [7, 11) is 0. The molecule has 0 radical (unpaired) electrons. The predicted molar refractivity (Wildman–Crippen MR) is 116 cm³/mol. The lowest BCUT2D eigenvalue weighted by atomic mass is 10.1. The Hall–Kier alpha value is -4.33. The van der Waals surface area contributed by atoms with Gasteiger partial charge in [0.25, 0.3) is 17.5 Å². The molecule has 0 spiro atoms. The molecular weight excluding hydrogens is 396 g/mol. The van der Waals surface area contributed by atoms with Crippen molar-refractivity contribution in [2.45, 2.75) is 13.5 Å². The minimum absolute atomic E-state index is 0.0170. The van der Waals surface area contributed by atoms with E-state index in [0.717, 1.165) is 11.1 Å². The zero-order chi connectivity index (χ0) is 22.2. The third-order valence-corrected chi connectivity index (χ3v) is 4.40. The van der Waals surface area contributed by atoms with Crippen molar-refractivity contribution in [3.05, 3.63) is 111 Å². The van der Waals surface area contributed by atoms with E-state index < -0.39 is 16.7 Å². The lowest BCUT2D eigenvalue weighted by Crippen LogP contribution is -2.34. The van der Waals surface area contributed by atoms with E-state index in [1.165, 1.54) is 30.3 Å². The van der Waals surface area contributed by atoms with Crippen LogP contribution in [0, 0.1) is 17.0 Å². The van der Waals surface area contributed by atoms with E-state index in [9.17, 15) is 19.7 Å². The number of aromatic nitrogens is 1. The first-order chi connectivity index (χ1) is 14.9. The molecule has 2 amide bonds. The van der Waals surface area contributed by atoms with Gasteiger partial charge in [0.05, 0.1) is 4.92 Å². The van der Waals surface area contributed by atoms with Gasteiger partial charge in [-0.25, -0.2) is 0 Å². The predicted octanol–water partition coefficient (Wildman–Crippen LogP) is 3.39. The standard InChI is InChI=1S/C23H20N4O4/c1-16-4-8-19(9-5-16)22(28)26-21(13-17-6-10-20(11-7-17)27(30)31)23(29)25-15-18-3-2-12-24-14-18/h2-14H,15H2,1H3,(H,25,29)(H,26,28)/b21-13-. The number of rotatable bonds is 7. The first-order valence-corrected chi connectivity index (χ1v) is 9.43. The number of nitrogens with zero attached hydrogens (tertiary/aromatic N) is 2. The lowest BCUT2D eigenvalue weighted by Gasteiger charge is -2.11. The smallest absolute Gasteiger partial charge is 0.269 e. The zero-order valence-electron chi connectivity index (χ0n) is 16.7. The summed E-state index contributed by atoms with van der Waals surface area (Å²) >= 11 is 0. The van der Waals surface area contributed by atoms with E-state index in [1.54, 1.807) is 42.7 Å². The Morgan fingerprint density at radius 3 is 2.39 bits per heavy atom. The van der Waals surface area contributed by atoms with Crippen LogP contribution in [0.4, 0.5) is 5.69 Å². The minimum atomic E-state index is -0.506. The largest absolute Gasteiger partial charge is 0.347 e. The zero-order valence-corrected chi connectivity index (χ0v) is 16.7. The van der Waals surface area contributed by atoms with Crippen LogP contribution in [0.5, 0.6) is 0 Å². The van der Waals surface area contributed by atoms with Crippen LogP contribution >= 0.6 is 0 Å². The molecule has 2 aromatic carbocycles. The molecule has 3 aromatic rings. The molecule has 31 heavy (non-hydrogen) atoms. The summed E-state index contributed by atoms with van der Waals surface area (Å²) in [6.45, 7) is 2.14. The molecule has 1 heterocycles. The van der Waals surface area contributed by atoms with Gasteiger partial charge in [0.1, 0.15) is 5.70 Å². The van der Waals surface area contributed by atoms with Crippen LogP contribution in [0.1, 0.15) is 27.0 Å². The van der Waals surface area contributed by atoms with Gasteiger partial charge in [-0.15, -0.1) is 0 Å². The third-order valence-electron chi connectivity index (χ3n) is 4.40. The normalized spacial score (nSPS) is 10.9. The molecule has 156 valence electrons. The van der Waals surface area contributed by atoms with Gasteiger partial charge in [-0.2, -0.15) is 0 Å². The highest BCUT2D eigenvalue weighted by molar-refractivity contribution is 6.05. The van der Waals surface area contributed by atoms with Crippen molar-refractivity contribution in [1.82, 2.24) is 15.6 Å². The molecule has 0 aliphatic heterocycles. The first-order valence-electron chi connectivity index (χ1n) is 9.43. The number of amides is 2. The van der Waals surface area contributed by atoms with Gasteiger partial charge in [-0.3, -0.25) is 24.7 Å². The highest BCUT2D eigenvalue weighted by atomic mass is 16.6. The molecular formula is C23H20N4O4. The number of non-ortho nitro benzene ring substituents is 1. The molecule has 0 fully saturated rings. The molecule has 1 aromatic heterocycles. The second-order valence-electron chi connectivity index (χ2n) is 6.77. The number of hydrogen-bond donors (Lipinski definition) is 2. The maximum absolute atomic E-state index is 12.8. The van der Waals surface area contributed by atoms with Crippen molar-refractivity contribution in [2.75, 3.05) is 0 Å². The molecule has 0 aliphatic rings. The Kier molecular flexibility index (Phi) is 6.85. The summed E-state index contributed by atoms with van der Waals surface area (Å²) in [6.07, 6.45) is 4.73. The number of nitrogens with one attached hydrogen (secondary N) is 2. The van der Waals surface area contributed by atoms with E-state index in [0.29, 0.717) is 11.1 Å². The van der Waals surface area contributed by atoms with E-state index >= 15 is 0 Å². The Labute approximate surface area is 178 Å². The average Bonchev–Trinajstić information content (AvgIpc) is 2.78. The van der Waals surface area contributed by atoms with Crippen LogP contribution in [-0.4, -0.2) is 21.7 Å². The minimum Gasteiger partial charge on any atom is -0.347 e. The summed E-state index contributed by atoms with van der Waals surface area (Å²) in [5, 5.41) is 16.2. The van der Waals surface area contributed by atoms with E-state index in [4.69, 9.17) is 0 Å². The fourth-order valence-corrected chi connectivity index (χ4v) is 2.70. The molecule has 0 aliphatic carbocycles. The highest BCUT2D eigenvalue weighted by Gasteiger charge is 2.15. The molecule has 0 unspecified atom stereocenters. The fourth-order valence-electron chi connectivity index (χ4n) is 2.70. The van der Waals surface area contributed by atoms with Crippen molar-refractivity contribution in [3.8, 4) is 0 Å². The number of nitro groups is 1. The van der Waals surface area contributed by atoms with Crippen LogP contribution in [0.25, 0.3) is 6.08 Å². The maximum Gasteiger partial charge on any atom is 0.269 e. The number of carbonyl (C=O) groups excluding carboxylic acids is 2. The van der Waals surface area contributed by atoms with E-state index in [1.807, 2.05) is 13.0 Å². The third kappa shape index (κ3) is 6.07. The quantitative estimate of drug-likeness (QED) is 0.348. The number of benzene rings is 2. The monoisotopic (exact) mass is 416 g/mol. The molecule has 0 saturated heterocycles. The van der Waals surface area contributed by atoms with E-state index in [-0.39, 0.29) is 17.9 Å².